The van der Waals surface area contributed by atoms with Crippen LogP contribution in [-0.4, -0.2) is 29.6 Å². The number of Topliss-reactive ketones (excluding diaryl/α,β-unsaturated/α-hetero) is 2. The van der Waals surface area contributed by atoms with Crippen molar-refractivity contribution in [1.29, 1.82) is 0 Å². The van der Waals surface area contributed by atoms with E-state index in [1.54, 1.807) is 6.07 Å². The van der Waals surface area contributed by atoms with Gasteiger partial charge in [0.2, 0.25) is 11.6 Å². The Morgan fingerprint density at radius 3 is 2.00 bits per heavy atom. The van der Waals surface area contributed by atoms with Crippen LogP contribution in [-0.2, 0) is 0 Å². The Morgan fingerprint density at radius 1 is 0.864 bits per heavy atom. The van der Waals surface area contributed by atoms with Crippen LogP contribution in [0.2, 0.25) is 0 Å². The summed E-state index contributed by atoms with van der Waals surface area (Å²) in [5.74, 6) is -0.359. The third-order valence-electron chi connectivity index (χ3n) is 4.51. The number of hydrogen-bond donors (Lipinski definition) is 1. The van der Waals surface area contributed by atoms with Crippen molar-refractivity contribution in [2.24, 2.45) is 5.73 Å². The van der Waals surface area contributed by atoms with Crippen LogP contribution in [0.3, 0.4) is 0 Å². The van der Waals surface area contributed by atoms with E-state index in [9.17, 15) is 9.59 Å². The predicted molar refractivity (Wildman–Crippen MR) is 84.6 cm³/mol. The minimum absolute atomic E-state index is 0.0923. The molecule has 2 aromatic carbocycles. The third kappa shape index (κ3) is 1.77. The van der Waals surface area contributed by atoms with E-state index in [1.807, 2.05) is 35.2 Å². The van der Waals surface area contributed by atoms with Crippen molar-refractivity contribution in [3.8, 4) is 0 Å². The molecular formula is C18H16N2O2. The fourth-order valence-electron chi connectivity index (χ4n) is 3.37. The molecule has 1 fully saturated rings. The summed E-state index contributed by atoms with van der Waals surface area (Å²) in [5.41, 5.74) is 7.40. The molecule has 4 nitrogen and oxygen atoms in total. The van der Waals surface area contributed by atoms with Gasteiger partial charge in [0.05, 0.1) is 0 Å². The van der Waals surface area contributed by atoms with Crippen molar-refractivity contribution in [1.82, 2.24) is 4.90 Å². The van der Waals surface area contributed by atoms with Crippen LogP contribution >= 0.6 is 0 Å². The van der Waals surface area contributed by atoms with Gasteiger partial charge in [-0.3, -0.25) is 9.59 Å². The number of ketones is 2. The van der Waals surface area contributed by atoms with Crippen molar-refractivity contribution < 1.29 is 9.59 Å². The van der Waals surface area contributed by atoms with Crippen LogP contribution in [0.15, 0.2) is 47.8 Å². The van der Waals surface area contributed by atoms with Gasteiger partial charge in [-0.1, -0.05) is 24.3 Å². The van der Waals surface area contributed by atoms with Gasteiger partial charge in [-0.25, -0.2) is 0 Å². The molecular weight excluding hydrogens is 276 g/mol. The highest BCUT2D eigenvalue weighted by molar-refractivity contribution is 6.27. The Labute approximate surface area is 128 Å². The smallest absolute Gasteiger partial charge is 0.212 e. The van der Waals surface area contributed by atoms with E-state index in [1.165, 1.54) is 0 Å². The molecule has 0 saturated carbocycles. The van der Waals surface area contributed by atoms with Crippen LogP contribution in [0.25, 0.3) is 10.8 Å². The van der Waals surface area contributed by atoms with Gasteiger partial charge in [-0.2, -0.15) is 0 Å². The van der Waals surface area contributed by atoms with Crippen LogP contribution in [0, 0.1) is 0 Å². The van der Waals surface area contributed by atoms with Crippen LogP contribution in [0.1, 0.15) is 33.6 Å². The zero-order valence-corrected chi connectivity index (χ0v) is 12.1. The van der Waals surface area contributed by atoms with Crippen LogP contribution < -0.4 is 5.73 Å². The average molecular weight is 292 g/mol. The maximum absolute atomic E-state index is 12.9. The molecule has 0 atom stereocenters. The molecule has 1 saturated heterocycles. The van der Waals surface area contributed by atoms with Gasteiger partial charge in [-0.15, -0.1) is 0 Å². The molecule has 1 aliphatic carbocycles. The van der Waals surface area contributed by atoms with Crippen molar-refractivity contribution >= 4 is 22.3 Å². The highest BCUT2D eigenvalue weighted by Gasteiger charge is 2.34. The predicted octanol–water partition coefficient (Wildman–Crippen LogP) is 2.48. The van der Waals surface area contributed by atoms with E-state index < -0.39 is 0 Å². The highest BCUT2D eigenvalue weighted by atomic mass is 16.1. The second-order valence-corrected chi connectivity index (χ2v) is 5.86. The number of likely N-dealkylation sites (tertiary alicyclic amines) is 1. The largest absolute Gasteiger partial charge is 0.394 e. The number of benzene rings is 2. The van der Waals surface area contributed by atoms with E-state index in [0.717, 1.165) is 36.7 Å². The molecule has 0 spiro atoms. The molecule has 1 aliphatic heterocycles. The summed E-state index contributed by atoms with van der Waals surface area (Å²) in [6.45, 7) is 1.58. The lowest BCUT2D eigenvalue weighted by Gasteiger charge is -2.26. The van der Waals surface area contributed by atoms with E-state index in [2.05, 4.69) is 0 Å². The summed E-state index contributed by atoms with van der Waals surface area (Å²) in [5, 5.41) is 1.91. The molecule has 0 aromatic heterocycles. The molecule has 1 heterocycles. The number of fused-ring (bicyclic) bond motifs is 2. The lowest BCUT2D eigenvalue weighted by atomic mass is 9.88. The quantitative estimate of drug-likeness (QED) is 0.877. The van der Waals surface area contributed by atoms with Crippen LogP contribution in [0.4, 0.5) is 0 Å². The zero-order valence-electron chi connectivity index (χ0n) is 12.1. The third-order valence-corrected chi connectivity index (χ3v) is 4.51. The highest BCUT2D eigenvalue weighted by Crippen LogP contribution is 2.31. The number of allylic oxidation sites excluding steroid dienone is 2. The number of hydrogen-bond acceptors (Lipinski definition) is 4. The standard InChI is InChI=1S/C18H16N2O2/c19-15-16(20-7-3-4-8-20)18(22)14-10-12-6-2-1-5-11(12)9-13(14)17(15)21/h1-2,5-6,9-10H,3-4,7-8,19H2. The SMILES string of the molecule is NC1=C(N2CCCC2)C(=O)c2cc3ccccc3cc2C1=O. The summed E-state index contributed by atoms with van der Waals surface area (Å²) >= 11 is 0. The van der Waals surface area contributed by atoms with Crippen molar-refractivity contribution in [2.75, 3.05) is 13.1 Å². The first-order chi connectivity index (χ1) is 10.7. The lowest BCUT2D eigenvalue weighted by molar-refractivity contribution is 0.0946. The molecule has 4 rings (SSSR count). The Balaban J connectivity index is 1.92. The summed E-state index contributed by atoms with van der Waals surface area (Å²) in [7, 11) is 0. The minimum atomic E-state index is -0.234. The fourth-order valence-corrected chi connectivity index (χ4v) is 3.37. The van der Waals surface area contributed by atoms with Gasteiger partial charge in [-0.05, 0) is 35.7 Å². The van der Waals surface area contributed by atoms with E-state index >= 15 is 0 Å². The summed E-state index contributed by atoms with van der Waals surface area (Å²) in [6.07, 6.45) is 2.06. The first-order valence-corrected chi connectivity index (χ1v) is 7.54. The average Bonchev–Trinajstić information content (AvgIpc) is 3.06. The monoisotopic (exact) mass is 292 g/mol. The zero-order chi connectivity index (χ0) is 15.3. The Hall–Kier alpha value is -2.62. The summed E-state index contributed by atoms with van der Waals surface area (Å²) in [6, 6.07) is 11.3. The Morgan fingerprint density at radius 2 is 1.41 bits per heavy atom. The summed E-state index contributed by atoms with van der Waals surface area (Å²) in [4.78, 5) is 27.4. The molecule has 22 heavy (non-hydrogen) atoms. The van der Waals surface area contributed by atoms with Gasteiger partial charge >= 0.3 is 0 Å². The first kappa shape index (κ1) is 13.1. The van der Waals surface area contributed by atoms with Gasteiger partial charge in [0.1, 0.15) is 11.4 Å². The van der Waals surface area contributed by atoms with Crippen molar-refractivity contribution in [2.45, 2.75) is 12.8 Å². The van der Waals surface area contributed by atoms with Crippen molar-refractivity contribution in [3.63, 3.8) is 0 Å². The van der Waals surface area contributed by atoms with E-state index in [0.29, 0.717) is 16.8 Å². The number of nitrogens with two attached hydrogens (primary N) is 1. The topological polar surface area (TPSA) is 63.4 Å². The maximum atomic E-state index is 12.9. The molecule has 4 heteroatoms. The Kier molecular flexibility index (Phi) is 2.79. The normalized spacial score (nSPS) is 18.3. The molecule has 110 valence electrons. The molecule has 0 unspecified atom stereocenters. The van der Waals surface area contributed by atoms with Gasteiger partial charge in [0.15, 0.2) is 0 Å². The van der Waals surface area contributed by atoms with Crippen molar-refractivity contribution in [3.05, 3.63) is 58.9 Å². The van der Waals surface area contributed by atoms with Gasteiger partial charge in [0.25, 0.3) is 0 Å². The van der Waals surface area contributed by atoms with Gasteiger partial charge in [0, 0.05) is 24.2 Å². The number of rotatable bonds is 1. The van der Waals surface area contributed by atoms with Crippen LogP contribution in [0.5, 0.6) is 0 Å². The number of carbonyl (C=O) groups excluding carboxylic acids is 2. The molecule has 2 N–H and O–H groups in total. The second kappa shape index (κ2) is 4.70. The number of carbonyl (C=O) groups is 2. The first-order valence-electron chi connectivity index (χ1n) is 7.54. The minimum Gasteiger partial charge on any atom is -0.394 e. The molecule has 2 aliphatic rings. The second-order valence-electron chi connectivity index (χ2n) is 5.86. The molecule has 0 amide bonds. The maximum Gasteiger partial charge on any atom is 0.212 e. The van der Waals surface area contributed by atoms with E-state index in [-0.39, 0.29) is 17.3 Å². The van der Waals surface area contributed by atoms with Gasteiger partial charge < -0.3 is 10.6 Å². The molecule has 2 aromatic rings. The fraction of sp³-hybridized carbons (Fsp3) is 0.222. The Bertz CT molecular complexity index is 845. The molecule has 0 bridgehead atoms. The summed E-state index contributed by atoms with van der Waals surface area (Å²) < 4.78 is 0. The van der Waals surface area contributed by atoms with E-state index in [4.69, 9.17) is 5.73 Å². The lowest BCUT2D eigenvalue weighted by Crippen LogP contribution is -2.35. The number of nitrogens with zero attached hydrogens (tertiary/aromatic N) is 1. The molecule has 0 radical (unpaired) electrons.